The van der Waals surface area contributed by atoms with Crippen molar-refractivity contribution >= 4 is 7.82 Å². The molecular weight excluding hydrogens is 259 g/mol. The smallest absolute Gasteiger partial charge is 0.267 e. The van der Waals surface area contributed by atoms with Gasteiger partial charge in [-0.15, -0.1) is 0 Å². The third-order valence-electron chi connectivity index (χ3n) is 1.95. The van der Waals surface area contributed by atoms with Gasteiger partial charge in [-0.1, -0.05) is 0 Å². The maximum absolute atomic E-state index is 10.4. The molecule has 0 aliphatic rings. The first-order valence-corrected chi connectivity index (χ1v) is 6.92. The molecule has 0 aliphatic heterocycles. The van der Waals surface area contributed by atoms with E-state index in [-0.39, 0.29) is 13.2 Å². The van der Waals surface area contributed by atoms with Gasteiger partial charge in [-0.2, -0.15) is 0 Å². The van der Waals surface area contributed by atoms with Crippen molar-refractivity contribution in [3.8, 4) is 0 Å². The van der Waals surface area contributed by atoms with Gasteiger partial charge in [0.15, 0.2) is 0 Å². The Morgan fingerprint density at radius 3 is 2.39 bits per heavy atom. The summed E-state index contributed by atoms with van der Waals surface area (Å²) in [5.41, 5.74) is 0. The predicted octanol–water partition coefficient (Wildman–Crippen LogP) is 0.0967. The average Bonchev–Trinajstić information content (AvgIpc) is 2.76. The van der Waals surface area contributed by atoms with Gasteiger partial charge in [0.1, 0.15) is 12.4 Å². The number of rotatable bonds is 6. The number of imidazole rings is 1. The van der Waals surface area contributed by atoms with Crippen molar-refractivity contribution in [1.82, 2.24) is 4.57 Å². The average molecular weight is 280 g/mol. The van der Waals surface area contributed by atoms with Crippen LogP contribution in [0.4, 0.5) is 0 Å². The zero-order valence-electron chi connectivity index (χ0n) is 11.2. The van der Waals surface area contributed by atoms with Crippen molar-refractivity contribution in [3.63, 3.8) is 0 Å². The molecule has 18 heavy (non-hydrogen) atoms. The van der Waals surface area contributed by atoms with Crippen molar-refractivity contribution in [1.29, 1.82) is 0 Å². The highest BCUT2D eigenvalue weighted by molar-refractivity contribution is 7.45. The Labute approximate surface area is 108 Å². The largest absolute Gasteiger partial charge is 0.756 e. The van der Waals surface area contributed by atoms with Gasteiger partial charge in [0.05, 0.1) is 26.8 Å². The van der Waals surface area contributed by atoms with E-state index in [4.69, 9.17) is 0 Å². The zero-order valence-corrected chi connectivity index (χ0v) is 12.1. The molecule has 1 heterocycles. The Balaban J connectivity index is 0.000000327. The highest BCUT2D eigenvalue weighted by Crippen LogP contribution is 2.36. The van der Waals surface area contributed by atoms with Crippen LogP contribution >= 0.6 is 7.82 Å². The molecule has 0 amide bonds. The molecular formula is C10H21N2O5P. The van der Waals surface area contributed by atoms with E-state index in [0.717, 1.165) is 13.7 Å². The monoisotopic (exact) mass is 280 g/mol. The van der Waals surface area contributed by atoms with Gasteiger partial charge >= 0.3 is 0 Å². The van der Waals surface area contributed by atoms with Crippen molar-refractivity contribution < 1.29 is 27.8 Å². The number of methoxy groups -OCH3 is 1. The van der Waals surface area contributed by atoms with Crippen LogP contribution in [-0.2, 0) is 31.9 Å². The fraction of sp³-hybridized carbons (Fsp3) is 0.700. The Morgan fingerprint density at radius 2 is 2.06 bits per heavy atom. The van der Waals surface area contributed by atoms with Crippen LogP contribution < -0.4 is 9.46 Å². The summed E-state index contributed by atoms with van der Waals surface area (Å²) in [6.07, 6.45) is 6.14. The summed E-state index contributed by atoms with van der Waals surface area (Å²) in [5, 5.41) is 0. The van der Waals surface area contributed by atoms with E-state index < -0.39 is 7.82 Å². The lowest BCUT2D eigenvalue weighted by Gasteiger charge is -2.19. The van der Waals surface area contributed by atoms with Crippen LogP contribution in [0.1, 0.15) is 6.92 Å². The predicted molar refractivity (Wildman–Crippen MR) is 63.7 cm³/mol. The maximum Gasteiger partial charge on any atom is 0.267 e. The molecule has 0 aromatic carbocycles. The number of nitrogens with zero attached hydrogens (tertiary/aromatic N) is 2. The minimum atomic E-state index is -4.03. The van der Waals surface area contributed by atoms with Gasteiger partial charge in [0.25, 0.3) is 7.82 Å². The second kappa shape index (κ2) is 9.24. The number of aryl methyl sites for hydroxylation is 2. The summed E-state index contributed by atoms with van der Waals surface area (Å²) in [6, 6.07) is 0. The van der Waals surface area contributed by atoms with Gasteiger partial charge < -0.3 is 18.7 Å². The van der Waals surface area contributed by atoms with Crippen LogP contribution in [-0.4, -0.2) is 32.0 Å². The van der Waals surface area contributed by atoms with Crippen LogP contribution in [0.15, 0.2) is 18.7 Å². The standard InChI is InChI=1S/C6H11N2.C4H11O5P/c1-3-8-5-4-7(2)6-8;1-7-3-4-9-10(5,6)8-2/h4-6H,3H2,1-2H3;3-4H2,1-2H3,(H,5,6)/q+1;/p-1. The molecule has 0 bridgehead atoms. The van der Waals surface area contributed by atoms with Gasteiger partial charge in [0, 0.05) is 14.2 Å². The highest BCUT2D eigenvalue weighted by Gasteiger charge is 2.03. The number of phosphoric acid groups is 1. The summed E-state index contributed by atoms with van der Waals surface area (Å²) in [6.45, 7) is 3.40. The van der Waals surface area contributed by atoms with E-state index in [2.05, 4.69) is 37.8 Å². The van der Waals surface area contributed by atoms with Gasteiger partial charge in [-0.3, -0.25) is 4.57 Å². The second-order valence-corrected chi connectivity index (χ2v) is 4.88. The molecule has 1 aromatic rings. The van der Waals surface area contributed by atoms with Crippen molar-refractivity contribution in [2.24, 2.45) is 7.05 Å². The second-order valence-electron chi connectivity index (χ2n) is 3.37. The van der Waals surface area contributed by atoms with Crippen LogP contribution in [0.3, 0.4) is 0 Å². The third-order valence-corrected chi connectivity index (χ3v) is 2.90. The summed E-state index contributed by atoms with van der Waals surface area (Å²) >= 11 is 0. The zero-order chi connectivity index (χ0) is 14.0. The summed E-state index contributed by atoms with van der Waals surface area (Å²) in [5.74, 6) is 0. The van der Waals surface area contributed by atoms with Crippen LogP contribution in [0, 0.1) is 0 Å². The molecule has 106 valence electrons. The summed E-state index contributed by atoms with van der Waals surface area (Å²) in [4.78, 5) is 10.4. The molecule has 1 rings (SSSR count). The molecule has 0 saturated carbocycles. The number of phosphoric ester groups is 1. The van der Waals surface area contributed by atoms with E-state index in [1.807, 2.05) is 17.8 Å². The molecule has 0 N–H and O–H groups in total. The molecule has 1 aromatic heterocycles. The van der Waals surface area contributed by atoms with Crippen LogP contribution in [0.5, 0.6) is 0 Å². The minimum Gasteiger partial charge on any atom is -0.756 e. The highest BCUT2D eigenvalue weighted by atomic mass is 31.2. The van der Waals surface area contributed by atoms with Crippen molar-refractivity contribution in [3.05, 3.63) is 18.7 Å². The minimum absolute atomic E-state index is 0.00881. The number of aromatic nitrogens is 2. The van der Waals surface area contributed by atoms with E-state index in [1.165, 1.54) is 7.11 Å². The number of ether oxygens (including phenoxy) is 1. The molecule has 0 radical (unpaired) electrons. The first kappa shape index (κ1) is 17.3. The first-order chi connectivity index (χ1) is 8.45. The van der Waals surface area contributed by atoms with Crippen molar-refractivity contribution in [2.45, 2.75) is 13.5 Å². The normalized spacial score (nSPS) is 13.6. The topological polar surface area (TPSA) is 76.6 Å². The lowest BCUT2D eigenvalue weighted by molar-refractivity contribution is -0.671. The van der Waals surface area contributed by atoms with Gasteiger partial charge in [0.2, 0.25) is 6.33 Å². The molecule has 0 fully saturated rings. The van der Waals surface area contributed by atoms with E-state index in [9.17, 15) is 9.46 Å². The Kier molecular flexibility index (Phi) is 8.87. The maximum atomic E-state index is 10.4. The molecule has 0 spiro atoms. The van der Waals surface area contributed by atoms with Crippen molar-refractivity contribution in [2.75, 3.05) is 27.4 Å². The van der Waals surface area contributed by atoms with Crippen LogP contribution in [0.2, 0.25) is 0 Å². The lowest BCUT2D eigenvalue weighted by Crippen LogP contribution is -2.23. The fourth-order valence-electron chi connectivity index (χ4n) is 0.974. The molecule has 8 heteroatoms. The van der Waals surface area contributed by atoms with Gasteiger partial charge in [-0.25, -0.2) is 9.13 Å². The fourth-order valence-corrected chi connectivity index (χ4v) is 1.38. The first-order valence-electron chi connectivity index (χ1n) is 5.46. The Morgan fingerprint density at radius 1 is 1.39 bits per heavy atom. The van der Waals surface area contributed by atoms with Gasteiger partial charge in [-0.05, 0) is 6.92 Å². The number of hydrogen-bond donors (Lipinski definition) is 0. The Hall–Kier alpha value is -0.720. The van der Waals surface area contributed by atoms with Crippen LogP contribution in [0.25, 0.3) is 0 Å². The quantitative estimate of drug-likeness (QED) is 0.419. The SMILES string of the molecule is CCn1cc[n+](C)c1.COCCOP(=O)([O-])OC. The molecule has 1 unspecified atom stereocenters. The molecule has 7 nitrogen and oxygen atoms in total. The summed E-state index contributed by atoms with van der Waals surface area (Å²) in [7, 11) is 0.479. The lowest BCUT2D eigenvalue weighted by atomic mass is 10.7. The van der Waals surface area contributed by atoms with E-state index in [1.54, 1.807) is 0 Å². The summed E-state index contributed by atoms with van der Waals surface area (Å²) < 4.78 is 27.4. The number of hydrogen-bond acceptors (Lipinski definition) is 5. The Bertz CT molecular complexity index is 369. The molecule has 0 saturated heterocycles. The molecule has 0 aliphatic carbocycles. The third kappa shape index (κ3) is 8.38. The van der Waals surface area contributed by atoms with E-state index >= 15 is 0 Å². The molecule has 1 atom stereocenters. The van der Waals surface area contributed by atoms with E-state index in [0.29, 0.717) is 0 Å².